The van der Waals surface area contributed by atoms with Crippen LogP contribution in [0.25, 0.3) is 0 Å². The first-order valence-corrected chi connectivity index (χ1v) is 7.57. The van der Waals surface area contributed by atoms with Crippen LogP contribution in [0.4, 0.5) is 11.4 Å². The van der Waals surface area contributed by atoms with Crippen LogP contribution < -0.4 is 15.0 Å². The largest absolute Gasteiger partial charge is 0.485 e. The summed E-state index contributed by atoms with van der Waals surface area (Å²) < 4.78 is 6.11. The van der Waals surface area contributed by atoms with E-state index in [2.05, 4.69) is 54.4 Å². The van der Waals surface area contributed by atoms with Gasteiger partial charge in [0.25, 0.3) is 0 Å². The van der Waals surface area contributed by atoms with Crippen molar-refractivity contribution in [2.24, 2.45) is 0 Å². The second kappa shape index (κ2) is 6.08. The van der Waals surface area contributed by atoms with E-state index in [1.54, 1.807) is 0 Å². The molecule has 0 aromatic heterocycles. The lowest BCUT2D eigenvalue weighted by atomic mass is 10.1. The molecule has 1 aliphatic heterocycles. The minimum absolute atomic E-state index is 0.167. The third-order valence-corrected chi connectivity index (χ3v) is 3.87. The van der Waals surface area contributed by atoms with Crippen molar-refractivity contribution in [2.75, 3.05) is 29.9 Å². The fourth-order valence-corrected chi connectivity index (χ4v) is 2.75. The average molecular weight is 282 g/mol. The molecule has 3 heteroatoms. The first kappa shape index (κ1) is 13.8. The van der Waals surface area contributed by atoms with Gasteiger partial charge in [-0.05, 0) is 43.7 Å². The van der Waals surface area contributed by atoms with E-state index in [0.29, 0.717) is 0 Å². The molecule has 0 saturated carbocycles. The maximum Gasteiger partial charge on any atom is 0.143 e. The van der Waals surface area contributed by atoms with Gasteiger partial charge in [0, 0.05) is 12.2 Å². The lowest BCUT2D eigenvalue weighted by Gasteiger charge is -2.32. The monoisotopic (exact) mass is 282 g/mol. The van der Waals surface area contributed by atoms with Gasteiger partial charge in [-0.25, -0.2) is 0 Å². The molecular formula is C18H22N2O. The van der Waals surface area contributed by atoms with Gasteiger partial charge in [-0.3, -0.25) is 0 Å². The average Bonchev–Trinajstić information content (AvgIpc) is 2.52. The van der Waals surface area contributed by atoms with Crippen molar-refractivity contribution in [3.63, 3.8) is 0 Å². The van der Waals surface area contributed by atoms with Gasteiger partial charge in [0.05, 0.1) is 18.8 Å². The van der Waals surface area contributed by atoms with Gasteiger partial charge in [0.2, 0.25) is 0 Å². The predicted molar refractivity (Wildman–Crippen MR) is 88.4 cm³/mol. The molecule has 0 amide bonds. The number of para-hydroxylation sites is 2. The topological polar surface area (TPSA) is 24.5 Å². The van der Waals surface area contributed by atoms with Crippen molar-refractivity contribution in [3.05, 3.63) is 54.1 Å². The maximum atomic E-state index is 6.11. The summed E-state index contributed by atoms with van der Waals surface area (Å²) in [4.78, 5) is 2.37. The summed E-state index contributed by atoms with van der Waals surface area (Å²) in [5.74, 6) is 0.953. The summed E-state index contributed by atoms with van der Waals surface area (Å²) >= 11 is 0. The van der Waals surface area contributed by atoms with Crippen molar-refractivity contribution in [1.82, 2.24) is 0 Å². The van der Waals surface area contributed by atoms with E-state index in [1.165, 1.54) is 11.3 Å². The zero-order valence-electron chi connectivity index (χ0n) is 12.7. The molecule has 0 aliphatic carbocycles. The predicted octanol–water partition coefficient (Wildman–Crippen LogP) is 3.69. The van der Waals surface area contributed by atoms with Crippen LogP contribution in [-0.4, -0.2) is 25.7 Å². The standard InChI is InChI=1S/C18H22N2O/c1-3-20(15-8-6-7-14(2)11-15)13-16-12-19-17-9-4-5-10-18(17)21-16/h4-11,16,19H,3,12-13H2,1-2H3. The molecule has 0 fully saturated rings. The number of ether oxygens (including phenoxy) is 1. The van der Waals surface area contributed by atoms with E-state index >= 15 is 0 Å². The highest BCUT2D eigenvalue weighted by atomic mass is 16.5. The summed E-state index contributed by atoms with van der Waals surface area (Å²) in [5, 5.41) is 3.45. The smallest absolute Gasteiger partial charge is 0.143 e. The molecule has 21 heavy (non-hydrogen) atoms. The Morgan fingerprint density at radius 3 is 2.86 bits per heavy atom. The van der Waals surface area contributed by atoms with Crippen LogP contribution in [0.5, 0.6) is 5.75 Å². The summed E-state index contributed by atoms with van der Waals surface area (Å²) in [6.07, 6.45) is 0.167. The number of nitrogens with zero attached hydrogens (tertiary/aromatic N) is 1. The maximum absolute atomic E-state index is 6.11. The number of benzene rings is 2. The normalized spacial score (nSPS) is 16.6. The number of aryl methyl sites for hydroxylation is 1. The van der Waals surface area contributed by atoms with Crippen LogP contribution >= 0.6 is 0 Å². The fourth-order valence-electron chi connectivity index (χ4n) is 2.75. The summed E-state index contributed by atoms with van der Waals surface area (Å²) in [6, 6.07) is 16.8. The van der Waals surface area contributed by atoms with Crippen LogP contribution in [0.15, 0.2) is 48.5 Å². The third-order valence-electron chi connectivity index (χ3n) is 3.87. The van der Waals surface area contributed by atoms with E-state index in [4.69, 9.17) is 4.74 Å². The SMILES string of the molecule is CCN(CC1CNc2ccccc2O1)c1cccc(C)c1. The number of fused-ring (bicyclic) bond motifs is 1. The Balaban J connectivity index is 1.71. The number of hydrogen-bond donors (Lipinski definition) is 1. The Kier molecular flexibility index (Phi) is 4.00. The molecule has 0 radical (unpaired) electrons. The molecule has 0 bridgehead atoms. The van der Waals surface area contributed by atoms with Crippen LogP contribution in [0.1, 0.15) is 12.5 Å². The molecule has 2 aromatic rings. The first-order valence-electron chi connectivity index (χ1n) is 7.57. The Labute approximate surface area is 126 Å². The third kappa shape index (κ3) is 3.13. The Morgan fingerprint density at radius 2 is 2.05 bits per heavy atom. The summed E-state index contributed by atoms with van der Waals surface area (Å²) in [7, 11) is 0. The molecule has 3 nitrogen and oxygen atoms in total. The van der Waals surface area contributed by atoms with Gasteiger partial charge in [-0.15, -0.1) is 0 Å². The molecule has 2 aromatic carbocycles. The van der Waals surface area contributed by atoms with Crippen LogP contribution in [0, 0.1) is 6.92 Å². The zero-order valence-corrected chi connectivity index (χ0v) is 12.7. The highest BCUT2D eigenvalue weighted by molar-refractivity contribution is 5.58. The second-order valence-electron chi connectivity index (χ2n) is 5.49. The Morgan fingerprint density at radius 1 is 1.19 bits per heavy atom. The van der Waals surface area contributed by atoms with Gasteiger partial charge >= 0.3 is 0 Å². The fraction of sp³-hybridized carbons (Fsp3) is 0.333. The van der Waals surface area contributed by atoms with Gasteiger partial charge in [0.1, 0.15) is 11.9 Å². The van der Waals surface area contributed by atoms with Crippen LogP contribution in [0.2, 0.25) is 0 Å². The number of nitrogens with one attached hydrogen (secondary N) is 1. The van der Waals surface area contributed by atoms with Gasteiger partial charge in [-0.1, -0.05) is 24.3 Å². The number of hydrogen-bond acceptors (Lipinski definition) is 3. The minimum Gasteiger partial charge on any atom is -0.485 e. The molecule has 110 valence electrons. The van der Waals surface area contributed by atoms with E-state index in [0.717, 1.165) is 31.1 Å². The van der Waals surface area contributed by atoms with Crippen molar-refractivity contribution < 1.29 is 4.74 Å². The molecule has 3 rings (SSSR count). The number of rotatable bonds is 4. The molecular weight excluding hydrogens is 260 g/mol. The molecule has 1 N–H and O–H groups in total. The molecule has 1 aliphatic rings. The summed E-state index contributed by atoms with van der Waals surface area (Å²) in [6.45, 7) is 7.03. The lowest BCUT2D eigenvalue weighted by Crippen LogP contribution is -2.41. The highest BCUT2D eigenvalue weighted by Gasteiger charge is 2.21. The summed E-state index contributed by atoms with van der Waals surface area (Å²) in [5.41, 5.74) is 3.64. The van der Waals surface area contributed by atoms with E-state index < -0.39 is 0 Å². The molecule has 1 unspecified atom stereocenters. The van der Waals surface area contributed by atoms with E-state index in [-0.39, 0.29) is 6.10 Å². The zero-order chi connectivity index (χ0) is 14.7. The molecule has 1 heterocycles. The first-order chi connectivity index (χ1) is 10.3. The second-order valence-corrected chi connectivity index (χ2v) is 5.49. The highest BCUT2D eigenvalue weighted by Crippen LogP contribution is 2.28. The van der Waals surface area contributed by atoms with Crippen molar-refractivity contribution in [3.8, 4) is 5.75 Å². The van der Waals surface area contributed by atoms with Crippen LogP contribution in [-0.2, 0) is 0 Å². The Hall–Kier alpha value is -2.16. The van der Waals surface area contributed by atoms with Gasteiger partial charge in [0.15, 0.2) is 0 Å². The van der Waals surface area contributed by atoms with Crippen molar-refractivity contribution in [2.45, 2.75) is 20.0 Å². The van der Waals surface area contributed by atoms with Gasteiger partial charge in [-0.2, -0.15) is 0 Å². The number of anilines is 2. The van der Waals surface area contributed by atoms with E-state index in [9.17, 15) is 0 Å². The van der Waals surface area contributed by atoms with Crippen LogP contribution in [0.3, 0.4) is 0 Å². The number of likely N-dealkylation sites (N-methyl/N-ethyl adjacent to an activating group) is 1. The molecule has 0 saturated heterocycles. The van der Waals surface area contributed by atoms with Crippen molar-refractivity contribution >= 4 is 11.4 Å². The molecule has 1 atom stereocenters. The van der Waals surface area contributed by atoms with Crippen molar-refractivity contribution in [1.29, 1.82) is 0 Å². The van der Waals surface area contributed by atoms with Gasteiger partial charge < -0.3 is 15.0 Å². The van der Waals surface area contributed by atoms with E-state index in [1.807, 2.05) is 18.2 Å². The lowest BCUT2D eigenvalue weighted by molar-refractivity contribution is 0.211. The minimum atomic E-state index is 0.167. The molecule has 0 spiro atoms. The Bertz CT molecular complexity index is 612. The quantitative estimate of drug-likeness (QED) is 0.925.